The molecule has 5 atom stereocenters. The summed E-state index contributed by atoms with van der Waals surface area (Å²) in [6, 6.07) is 9.07. The number of hydrogen-bond acceptors (Lipinski definition) is 8. The van der Waals surface area contributed by atoms with Crippen LogP contribution >= 0.6 is 23.1 Å². The van der Waals surface area contributed by atoms with E-state index in [1.165, 1.54) is 23.1 Å². The fourth-order valence-electron chi connectivity index (χ4n) is 3.24. The van der Waals surface area contributed by atoms with Crippen molar-refractivity contribution < 1.29 is 15.0 Å². The number of carbonyl (C=O) groups excluding carboxylic acids is 1. The van der Waals surface area contributed by atoms with Gasteiger partial charge in [0.25, 0.3) is 0 Å². The van der Waals surface area contributed by atoms with Crippen LogP contribution in [0.4, 0.5) is 10.8 Å². The second kappa shape index (κ2) is 7.36. The summed E-state index contributed by atoms with van der Waals surface area (Å²) in [4.78, 5) is 21.3. The van der Waals surface area contributed by atoms with E-state index in [2.05, 4.69) is 20.6 Å². The smallest absolute Gasteiger partial charge is 0.230 e. The van der Waals surface area contributed by atoms with Gasteiger partial charge in [-0.15, -0.1) is 11.3 Å². The van der Waals surface area contributed by atoms with Crippen molar-refractivity contribution in [2.24, 2.45) is 10.9 Å². The normalized spacial score (nSPS) is 30.4. The number of fused-ring (bicyclic) bond motifs is 1. The molecule has 0 saturated heterocycles. The zero-order valence-electron chi connectivity index (χ0n) is 13.6. The number of anilines is 2. The van der Waals surface area contributed by atoms with E-state index in [4.69, 9.17) is 0 Å². The van der Waals surface area contributed by atoms with Gasteiger partial charge in [0.15, 0.2) is 10.3 Å². The Labute approximate surface area is 158 Å². The van der Waals surface area contributed by atoms with Crippen LogP contribution in [0.3, 0.4) is 0 Å². The number of nitrogens with zero attached hydrogens (tertiary/aromatic N) is 2. The number of thioether (sulfide) groups is 1. The molecule has 0 radical (unpaired) electrons. The summed E-state index contributed by atoms with van der Waals surface area (Å²) in [6.45, 7) is 0. The molecule has 2 aromatic rings. The van der Waals surface area contributed by atoms with Gasteiger partial charge in [-0.3, -0.25) is 9.79 Å². The Morgan fingerprint density at radius 2 is 2.04 bits per heavy atom. The third-order valence-electron chi connectivity index (χ3n) is 4.51. The first-order chi connectivity index (χ1) is 12.6. The quantitative estimate of drug-likeness (QED) is 0.636. The maximum Gasteiger partial charge on any atom is 0.230 e. The Morgan fingerprint density at radius 1 is 1.23 bits per heavy atom. The van der Waals surface area contributed by atoms with E-state index in [0.717, 1.165) is 5.69 Å². The number of amides is 1. The van der Waals surface area contributed by atoms with Crippen molar-refractivity contribution in [2.45, 2.75) is 29.9 Å². The summed E-state index contributed by atoms with van der Waals surface area (Å²) in [7, 11) is 0. The fourth-order valence-corrected chi connectivity index (χ4v) is 5.15. The predicted molar refractivity (Wildman–Crippen MR) is 104 cm³/mol. The molecule has 1 aromatic carbocycles. The molecule has 2 heterocycles. The minimum Gasteiger partial charge on any atom is -0.390 e. The molecule has 1 saturated carbocycles. The number of aliphatic hydroxyl groups excluding tert-OH is 2. The third-order valence-corrected chi connectivity index (χ3v) is 6.51. The Balaban J connectivity index is 1.51. The van der Waals surface area contributed by atoms with Gasteiger partial charge in [-0.1, -0.05) is 30.0 Å². The van der Waals surface area contributed by atoms with Crippen molar-refractivity contribution in [1.82, 2.24) is 4.98 Å². The number of aliphatic imine (C=N–C) groups is 1. The molecule has 1 aliphatic carbocycles. The van der Waals surface area contributed by atoms with Gasteiger partial charge < -0.3 is 20.8 Å². The van der Waals surface area contributed by atoms with Crippen LogP contribution in [0, 0.1) is 5.92 Å². The third kappa shape index (κ3) is 3.48. The minimum absolute atomic E-state index is 0.195. The van der Waals surface area contributed by atoms with Gasteiger partial charge in [-0.2, -0.15) is 0 Å². The molecule has 2 aliphatic rings. The summed E-state index contributed by atoms with van der Waals surface area (Å²) in [5, 5.41) is 29.3. The van der Waals surface area contributed by atoms with Gasteiger partial charge in [0, 0.05) is 22.5 Å². The second-order valence-corrected chi connectivity index (χ2v) is 8.29. The highest BCUT2D eigenvalue weighted by atomic mass is 32.2. The van der Waals surface area contributed by atoms with Crippen LogP contribution in [-0.2, 0) is 4.79 Å². The number of nitrogens with one attached hydrogen (secondary N) is 2. The van der Waals surface area contributed by atoms with Crippen molar-refractivity contribution in [3.05, 3.63) is 41.9 Å². The molecule has 4 N–H and O–H groups in total. The Bertz CT molecular complexity index is 800. The molecule has 9 heteroatoms. The van der Waals surface area contributed by atoms with Gasteiger partial charge in [0.1, 0.15) is 6.10 Å². The van der Waals surface area contributed by atoms with Crippen LogP contribution in [0.1, 0.15) is 6.42 Å². The Morgan fingerprint density at radius 3 is 2.77 bits per heavy atom. The zero-order valence-corrected chi connectivity index (χ0v) is 15.3. The molecule has 1 amide bonds. The van der Waals surface area contributed by atoms with Crippen molar-refractivity contribution >= 4 is 45.0 Å². The molecule has 1 fully saturated rings. The minimum atomic E-state index is -0.983. The van der Waals surface area contributed by atoms with E-state index < -0.39 is 24.2 Å². The van der Waals surface area contributed by atoms with Gasteiger partial charge in [-0.25, -0.2) is 4.98 Å². The number of aromatic nitrogens is 1. The Kier molecular flexibility index (Phi) is 4.94. The molecule has 1 aromatic heterocycles. The average Bonchev–Trinajstić information content (AvgIpc) is 3.29. The average molecular weight is 390 g/mol. The molecule has 0 spiro atoms. The molecule has 5 unspecified atom stereocenters. The lowest BCUT2D eigenvalue weighted by molar-refractivity contribution is -0.124. The summed E-state index contributed by atoms with van der Waals surface area (Å²) in [5.74, 6) is -0.671. The van der Waals surface area contributed by atoms with Gasteiger partial charge in [0.05, 0.1) is 18.1 Å². The first kappa shape index (κ1) is 17.5. The highest BCUT2D eigenvalue weighted by Gasteiger charge is 2.50. The molecule has 4 rings (SSSR count). The first-order valence-corrected chi connectivity index (χ1v) is 10.0. The highest BCUT2D eigenvalue weighted by Crippen LogP contribution is 2.41. The number of aliphatic hydroxyl groups is 2. The first-order valence-electron chi connectivity index (χ1n) is 8.25. The molecule has 1 aliphatic heterocycles. The van der Waals surface area contributed by atoms with Crippen LogP contribution in [0.25, 0.3) is 0 Å². The molecule has 0 bridgehead atoms. The summed E-state index contributed by atoms with van der Waals surface area (Å²) in [6.07, 6.45) is -0.145. The maximum absolute atomic E-state index is 12.7. The number of rotatable bonds is 3. The SMILES string of the molecule is O=C(Nc1nccs1)C1CC(O)C(O)C2N=C(Nc3ccccc3)SC12. The van der Waals surface area contributed by atoms with Gasteiger partial charge in [0.2, 0.25) is 5.91 Å². The lowest BCUT2D eigenvalue weighted by Gasteiger charge is -2.37. The van der Waals surface area contributed by atoms with E-state index >= 15 is 0 Å². The highest BCUT2D eigenvalue weighted by molar-refractivity contribution is 8.15. The monoisotopic (exact) mass is 390 g/mol. The topological polar surface area (TPSA) is 107 Å². The second-order valence-electron chi connectivity index (χ2n) is 6.22. The predicted octanol–water partition coefficient (Wildman–Crippen LogP) is 1.78. The lowest BCUT2D eigenvalue weighted by atomic mass is 9.81. The van der Waals surface area contributed by atoms with Crippen molar-refractivity contribution in [3.63, 3.8) is 0 Å². The van der Waals surface area contributed by atoms with E-state index in [9.17, 15) is 15.0 Å². The van der Waals surface area contributed by atoms with E-state index in [0.29, 0.717) is 10.3 Å². The summed E-state index contributed by atoms with van der Waals surface area (Å²) in [5.41, 5.74) is 0.885. The number of thiazole rings is 1. The zero-order chi connectivity index (χ0) is 18.1. The fraction of sp³-hybridized carbons (Fsp3) is 0.353. The molecular formula is C17H18N4O3S2. The van der Waals surface area contributed by atoms with Crippen LogP contribution < -0.4 is 10.6 Å². The number of hydrogen-bond donors (Lipinski definition) is 4. The number of carbonyl (C=O) groups is 1. The van der Waals surface area contributed by atoms with Crippen molar-refractivity contribution in [1.29, 1.82) is 0 Å². The van der Waals surface area contributed by atoms with E-state index in [1.807, 2.05) is 30.3 Å². The summed E-state index contributed by atoms with van der Waals surface area (Å²) >= 11 is 2.78. The van der Waals surface area contributed by atoms with Gasteiger partial charge in [-0.05, 0) is 18.6 Å². The van der Waals surface area contributed by atoms with Crippen molar-refractivity contribution in [2.75, 3.05) is 10.6 Å². The van der Waals surface area contributed by atoms with Crippen LogP contribution in [0.2, 0.25) is 0 Å². The maximum atomic E-state index is 12.7. The van der Waals surface area contributed by atoms with Crippen LogP contribution in [-0.4, -0.2) is 49.8 Å². The summed E-state index contributed by atoms with van der Waals surface area (Å²) < 4.78 is 0. The largest absolute Gasteiger partial charge is 0.390 e. The Hall–Kier alpha value is -1.94. The van der Waals surface area contributed by atoms with Crippen LogP contribution in [0.5, 0.6) is 0 Å². The van der Waals surface area contributed by atoms with Crippen LogP contribution in [0.15, 0.2) is 46.9 Å². The molecular weight excluding hydrogens is 372 g/mol. The van der Waals surface area contributed by atoms with E-state index in [1.54, 1.807) is 11.6 Å². The van der Waals surface area contributed by atoms with Gasteiger partial charge >= 0.3 is 0 Å². The molecule has 7 nitrogen and oxygen atoms in total. The number of para-hydroxylation sites is 1. The number of benzene rings is 1. The molecule has 26 heavy (non-hydrogen) atoms. The standard InChI is InChI=1S/C17H18N4O3S2/c22-11-8-10(15(24)21-16-18-6-7-25-16)14-12(13(11)23)20-17(26-14)19-9-4-2-1-3-5-9/h1-7,10-14,22-23H,8H2,(H,19,20)(H,18,21,24). The molecule has 136 valence electrons. The number of amidine groups is 1. The lowest BCUT2D eigenvalue weighted by Crippen LogP contribution is -2.52. The van der Waals surface area contributed by atoms with Crippen molar-refractivity contribution in [3.8, 4) is 0 Å². The van der Waals surface area contributed by atoms with E-state index in [-0.39, 0.29) is 17.6 Å².